The van der Waals surface area contributed by atoms with E-state index in [9.17, 15) is 4.79 Å². The zero-order chi connectivity index (χ0) is 21.6. The van der Waals surface area contributed by atoms with E-state index in [1.165, 1.54) is 10.6 Å². The fourth-order valence-corrected chi connectivity index (χ4v) is 4.20. The fraction of sp³-hybridized carbons (Fsp3) is 0.458. The van der Waals surface area contributed by atoms with Crippen molar-refractivity contribution in [3.8, 4) is 17.2 Å². The molecule has 1 atom stereocenters. The van der Waals surface area contributed by atoms with Crippen molar-refractivity contribution in [3.05, 3.63) is 48.5 Å². The third-order valence-corrected chi connectivity index (χ3v) is 6.02. The Morgan fingerprint density at radius 2 is 1.94 bits per heavy atom. The Hall–Kier alpha value is -2.93. The lowest BCUT2D eigenvalue weighted by Crippen LogP contribution is -3.16. The number of carbonyl (C=O) groups is 1. The maximum atomic E-state index is 13.0. The van der Waals surface area contributed by atoms with Crippen molar-refractivity contribution in [2.45, 2.75) is 13.0 Å². The summed E-state index contributed by atoms with van der Waals surface area (Å²) in [5.74, 6) is 2.57. The van der Waals surface area contributed by atoms with E-state index in [0.717, 1.165) is 43.4 Å². The molecule has 1 N–H and O–H groups in total. The second-order valence-corrected chi connectivity index (χ2v) is 8.05. The van der Waals surface area contributed by atoms with E-state index in [-0.39, 0.29) is 12.0 Å². The predicted octanol–water partition coefficient (Wildman–Crippen LogP) is 1.09. The van der Waals surface area contributed by atoms with Crippen molar-refractivity contribution in [1.29, 1.82) is 0 Å². The van der Waals surface area contributed by atoms with E-state index in [2.05, 4.69) is 17.0 Å². The summed E-state index contributed by atoms with van der Waals surface area (Å²) in [6, 6.07) is 15.8. The summed E-state index contributed by atoms with van der Waals surface area (Å²) in [6.45, 7) is 7.96. The van der Waals surface area contributed by atoms with Crippen LogP contribution in [0.25, 0.3) is 0 Å². The first kappa shape index (κ1) is 21.3. The number of likely N-dealkylation sites (N-methyl/N-ethyl adjacent to an activating group) is 1. The smallest absolute Gasteiger partial charge is 0.277 e. The molecule has 0 unspecified atom stereocenters. The minimum absolute atomic E-state index is 0.140. The van der Waals surface area contributed by atoms with Gasteiger partial charge in [-0.05, 0) is 31.2 Å². The highest BCUT2D eigenvalue weighted by Crippen LogP contribution is 2.31. The van der Waals surface area contributed by atoms with Crippen LogP contribution in [0.2, 0.25) is 0 Å². The van der Waals surface area contributed by atoms with Gasteiger partial charge in [0.15, 0.2) is 24.1 Å². The largest absolute Gasteiger partial charge is 0.497 e. The Morgan fingerprint density at radius 3 is 2.68 bits per heavy atom. The highest BCUT2D eigenvalue weighted by atomic mass is 16.6. The minimum Gasteiger partial charge on any atom is -0.497 e. The number of anilines is 1. The summed E-state index contributed by atoms with van der Waals surface area (Å²) in [4.78, 5) is 18.6. The van der Waals surface area contributed by atoms with E-state index < -0.39 is 0 Å². The number of para-hydroxylation sites is 2. The number of hydrogen-bond acceptors (Lipinski definition) is 5. The monoisotopic (exact) mass is 426 g/mol. The molecule has 0 saturated carbocycles. The summed E-state index contributed by atoms with van der Waals surface area (Å²) in [6.07, 6.45) is -0.140. The highest BCUT2D eigenvalue weighted by Gasteiger charge is 2.28. The normalized spacial score (nSPS) is 18.5. The molecule has 7 heteroatoms. The van der Waals surface area contributed by atoms with Gasteiger partial charge < -0.3 is 28.9 Å². The Balaban J connectivity index is 1.27. The van der Waals surface area contributed by atoms with Crippen LogP contribution in [-0.4, -0.2) is 76.4 Å². The van der Waals surface area contributed by atoms with Crippen LogP contribution in [0.4, 0.5) is 5.69 Å². The molecule has 2 heterocycles. The lowest BCUT2D eigenvalue weighted by atomic mass is 10.2. The number of carbonyl (C=O) groups excluding carboxylic acids is 1. The van der Waals surface area contributed by atoms with Crippen LogP contribution < -0.4 is 24.0 Å². The lowest BCUT2D eigenvalue weighted by Gasteiger charge is -2.35. The molecule has 0 bridgehead atoms. The van der Waals surface area contributed by atoms with Crippen molar-refractivity contribution >= 4 is 11.6 Å². The van der Waals surface area contributed by atoms with Crippen LogP contribution in [0.1, 0.15) is 6.92 Å². The van der Waals surface area contributed by atoms with Gasteiger partial charge in [-0.15, -0.1) is 0 Å². The number of rotatable bonds is 7. The zero-order valence-electron chi connectivity index (χ0n) is 18.4. The molecule has 1 saturated heterocycles. The Morgan fingerprint density at radius 1 is 1.16 bits per heavy atom. The summed E-state index contributed by atoms with van der Waals surface area (Å²) < 4.78 is 17.2. The van der Waals surface area contributed by atoms with E-state index in [1.807, 2.05) is 48.2 Å². The van der Waals surface area contributed by atoms with Gasteiger partial charge in [-0.1, -0.05) is 18.2 Å². The number of benzene rings is 2. The van der Waals surface area contributed by atoms with E-state index in [0.29, 0.717) is 26.2 Å². The van der Waals surface area contributed by atoms with Crippen molar-refractivity contribution in [2.24, 2.45) is 0 Å². The van der Waals surface area contributed by atoms with Crippen LogP contribution in [-0.2, 0) is 4.79 Å². The number of quaternary nitrogens is 1. The molecular formula is C24H32N3O4+. The molecule has 0 radical (unpaired) electrons. The number of amides is 1. The topological polar surface area (TPSA) is 55.7 Å². The number of nitrogens with zero attached hydrogens (tertiary/aromatic N) is 2. The zero-order valence-corrected chi connectivity index (χ0v) is 18.4. The third-order valence-electron chi connectivity index (χ3n) is 6.02. The third kappa shape index (κ3) is 5.22. The van der Waals surface area contributed by atoms with Crippen LogP contribution in [0.15, 0.2) is 48.5 Å². The molecule has 31 heavy (non-hydrogen) atoms. The van der Waals surface area contributed by atoms with Gasteiger partial charge in [0.2, 0.25) is 0 Å². The molecule has 4 rings (SSSR count). The van der Waals surface area contributed by atoms with Gasteiger partial charge >= 0.3 is 0 Å². The summed E-state index contributed by atoms with van der Waals surface area (Å²) in [5, 5.41) is 0. The van der Waals surface area contributed by atoms with Crippen LogP contribution >= 0.6 is 0 Å². The van der Waals surface area contributed by atoms with Gasteiger partial charge in [0.05, 0.1) is 39.8 Å². The fourth-order valence-electron chi connectivity index (χ4n) is 4.20. The second kappa shape index (κ2) is 9.92. The van der Waals surface area contributed by atoms with Gasteiger partial charge in [0.1, 0.15) is 12.4 Å². The molecule has 7 nitrogen and oxygen atoms in total. The lowest BCUT2D eigenvalue weighted by molar-refractivity contribution is -0.892. The van der Waals surface area contributed by atoms with Crippen molar-refractivity contribution in [3.63, 3.8) is 0 Å². The first-order valence-corrected chi connectivity index (χ1v) is 11.0. The molecule has 2 aromatic rings. The van der Waals surface area contributed by atoms with Crippen molar-refractivity contribution < 1.29 is 23.9 Å². The summed E-state index contributed by atoms with van der Waals surface area (Å²) >= 11 is 0. The average Bonchev–Trinajstić information content (AvgIpc) is 2.83. The van der Waals surface area contributed by atoms with Crippen molar-refractivity contribution in [1.82, 2.24) is 4.90 Å². The number of methoxy groups -OCH3 is 1. The molecule has 2 aliphatic heterocycles. The summed E-state index contributed by atoms with van der Waals surface area (Å²) in [5.41, 5.74) is 1.18. The number of piperazine rings is 1. The molecule has 166 valence electrons. The SMILES string of the molecule is CCN(C[C@@H]1COc2ccccc2O1)C(=O)C[NH+]1CCN(c2cccc(OC)c2)CC1. The van der Waals surface area contributed by atoms with E-state index >= 15 is 0 Å². The Labute approximate surface area is 184 Å². The van der Waals surface area contributed by atoms with Gasteiger partial charge in [-0.25, -0.2) is 0 Å². The molecule has 1 amide bonds. The predicted molar refractivity (Wildman–Crippen MR) is 119 cm³/mol. The Bertz CT molecular complexity index is 883. The number of nitrogens with one attached hydrogen (secondary N) is 1. The van der Waals surface area contributed by atoms with Crippen LogP contribution in [0.5, 0.6) is 17.2 Å². The quantitative estimate of drug-likeness (QED) is 0.718. The second-order valence-electron chi connectivity index (χ2n) is 8.05. The standard InChI is InChI=1S/C24H31N3O4/c1-3-26(16-21-18-30-22-9-4-5-10-23(22)31-21)24(28)17-25-11-13-27(14-12-25)19-7-6-8-20(15-19)29-2/h4-10,15,21H,3,11-14,16-18H2,1-2H3/p+1/t21-/m1/s1. The highest BCUT2D eigenvalue weighted by molar-refractivity contribution is 5.77. The molecule has 2 aliphatic rings. The first-order valence-electron chi connectivity index (χ1n) is 11.0. The van der Waals surface area contributed by atoms with Crippen LogP contribution in [0.3, 0.4) is 0 Å². The number of ether oxygens (including phenoxy) is 3. The summed E-state index contributed by atoms with van der Waals surface area (Å²) in [7, 11) is 1.69. The van der Waals surface area contributed by atoms with Crippen molar-refractivity contribution in [2.75, 3.05) is 64.4 Å². The number of fused-ring (bicyclic) bond motifs is 1. The van der Waals surface area contributed by atoms with Gasteiger partial charge in [-0.3, -0.25) is 4.79 Å². The Kier molecular flexibility index (Phi) is 6.82. The maximum Gasteiger partial charge on any atom is 0.277 e. The molecule has 2 aromatic carbocycles. The van der Waals surface area contributed by atoms with E-state index in [4.69, 9.17) is 14.2 Å². The molecule has 0 aromatic heterocycles. The average molecular weight is 427 g/mol. The molecule has 1 fully saturated rings. The van der Waals surface area contributed by atoms with Gasteiger partial charge in [-0.2, -0.15) is 0 Å². The van der Waals surface area contributed by atoms with Gasteiger partial charge in [0.25, 0.3) is 5.91 Å². The number of hydrogen-bond donors (Lipinski definition) is 1. The molecule has 0 spiro atoms. The van der Waals surface area contributed by atoms with E-state index in [1.54, 1.807) is 7.11 Å². The maximum absolute atomic E-state index is 13.0. The van der Waals surface area contributed by atoms with Gasteiger partial charge in [0, 0.05) is 18.3 Å². The molecule has 0 aliphatic carbocycles. The minimum atomic E-state index is -0.140. The molecular weight excluding hydrogens is 394 g/mol. The first-order chi connectivity index (χ1) is 15.2. The van der Waals surface area contributed by atoms with Crippen LogP contribution in [0, 0.1) is 0 Å².